The van der Waals surface area contributed by atoms with Gasteiger partial charge >= 0.3 is 0 Å². The van der Waals surface area contributed by atoms with Gasteiger partial charge in [-0.05, 0) is 69.9 Å². The average molecular weight is 442 g/mol. The number of carbonyl (C=O) groups is 1. The SMILES string of the molecule is O=C(NCCCN1CCCCC1)c1cc(S(=O)(=O)N2CCCCCC2)ccc1Cl. The van der Waals surface area contributed by atoms with Crippen molar-refractivity contribution in [1.82, 2.24) is 14.5 Å². The van der Waals surface area contributed by atoms with E-state index in [4.69, 9.17) is 11.6 Å². The van der Waals surface area contributed by atoms with Crippen molar-refractivity contribution in [3.63, 3.8) is 0 Å². The Hall–Kier alpha value is -1.15. The molecular formula is C21H32ClN3O3S. The number of likely N-dealkylation sites (tertiary alicyclic amines) is 1. The van der Waals surface area contributed by atoms with Crippen LogP contribution >= 0.6 is 11.6 Å². The minimum atomic E-state index is -3.61. The van der Waals surface area contributed by atoms with Crippen molar-refractivity contribution in [2.45, 2.75) is 56.3 Å². The van der Waals surface area contributed by atoms with Crippen LogP contribution in [0.15, 0.2) is 23.1 Å². The molecule has 0 spiro atoms. The molecule has 162 valence electrons. The maximum absolute atomic E-state index is 13.0. The van der Waals surface area contributed by atoms with Crippen LogP contribution < -0.4 is 5.32 Å². The molecule has 8 heteroatoms. The number of halogens is 1. The number of carbonyl (C=O) groups excluding carboxylic acids is 1. The molecule has 0 atom stereocenters. The van der Waals surface area contributed by atoms with Gasteiger partial charge in [0.2, 0.25) is 10.0 Å². The minimum Gasteiger partial charge on any atom is -0.352 e. The fourth-order valence-corrected chi connectivity index (χ4v) is 5.80. The highest BCUT2D eigenvalue weighted by Gasteiger charge is 2.26. The maximum atomic E-state index is 13.0. The Bertz CT molecular complexity index is 786. The van der Waals surface area contributed by atoms with Crippen LogP contribution in [-0.2, 0) is 10.0 Å². The van der Waals surface area contributed by atoms with Crippen molar-refractivity contribution in [1.29, 1.82) is 0 Å². The molecule has 3 rings (SSSR count). The van der Waals surface area contributed by atoms with E-state index < -0.39 is 10.0 Å². The van der Waals surface area contributed by atoms with Gasteiger partial charge in [-0.25, -0.2) is 8.42 Å². The van der Waals surface area contributed by atoms with Gasteiger partial charge in [-0.15, -0.1) is 0 Å². The lowest BCUT2D eigenvalue weighted by Gasteiger charge is -2.26. The van der Waals surface area contributed by atoms with E-state index in [0.29, 0.717) is 19.6 Å². The molecular weight excluding hydrogens is 410 g/mol. The second-order valence-electron chi connectivity index (χ2n) is 7.97. The van der Waals surface area contributed by atoms with E-state index in [1.165, 1.54) is 41.8 Å². The molecule has 6 nitrogen and oxygen atoms in total. The van der Waals surface area contributed by atoms with Crippen LogP contribution in [0.4, 0.5) is 0 Å². The largest absolute Gasteiger partial charge is 0.352 e. The summed E-state index contributed by atoms with van der Waals surface area (Å²) < 4.78 is 27.5. The van der Waals surface area contributed by atoms with Crippen LogP contribution in [0.5, 0.6) is 0 Å². The lowest BCUT2D eigenvalue weighted by molar-refractivity contribution is 0.0951. The van der Waals surface area contributed by atoms with Gasteiger partial charge < -0.3 is 10.2 Å². The Morgan fingerprint density at radius 3 is 2.28 bits per heavy atom. The Balaban J connectivity index is 1.60. The topological polar surface area (TPSA) is 69.7 Å². The number of amides is 1. The molecule has 0 saturated carbocycles. The first-order valence-corrected chi connectivity index (χ1v) is 12.6. The summed E-state index contributed by atoms with van der Waals surface area (Å²) in [5.74, 6) is -0.318. The summed E-state index contributed by atoms with van der Waals surface area (Å²) in [4.78, 5) is 15.2. The van der Waals surface area contributed by atoms with E-state index in [1.807, 2.05) is 0 Å². The number of hydrogen-bond acceptors (Lipinski definition) is 4. The number of piperidine rings is 1. The molecule has 2 aliphatic rings. The quantitative estimate of drug-likeness (QED) is 0.657. The van der Waals surface area contributed by atoms with Gasteiger partial charge in [0.05, 0.1) is 15.5 Å². The Morgan fingerprint density at radius 2 is 1.59 bits per heavy atom. The summed E-state index contributed by atoms with van der Waals surface area (Å²) in [6.45, 7) is 4.85. The van der Waals surface area contributed by atoms with E-state index in [0.717, 1.165) is 51.7 Å². The van der Waals surface area contributed by atoms with Crippen LogP contribution in [0.1, 0.15) is 61.7 Å². The van der Waals surface area contributed by atoms with Crippen molar-refractivity contribution >= 4 is 27.5 Å². The summed E-state index contributed by atoms with van der Waals surface area (Å²) in [6.07, 6.45) is 8.53. The predicted molar refractivity (Wildman–Crippen MR) is 116 cm³/mol. The number of nitrogens with one attached hydrogen (secondary N) is 1. The third-order valence-corrected chi connectivity index (χ3v) is 7.99. The molecule has 2 fully saturated rings. The Kier molecular flexibility index (Phi) is 8.35. The second-order valence-corrected chi connectivity index (χ2v) is 10.3. The monoisotopic (exact) mass is 441 g/mol. The van der Waals surface area contributed by atoms with Crippen molar-refractivity contribution in [2.24, 2.45) is 0 Å². The highest BCUT2D eigenvalue weighted by atomic mass is 35.5. The number of benzene rings is 1. The van der Waals surface area contributed by atoms with E-state index >= 15 is 0 Å². The average Bonchev–Trinajstić information content (AvgIpc) is 3.02. The molecule has 2 aliphatic heterocycles. The van der Waals surface area contributed by atoms with Crippen molar-refractivity contribution in [2.75, 3.05) is 39.3 Å². The normalized spacial score (nSPS) is 19.6. The highest BCUT2D eigenvalue weighted by molar-refractivity contribution is 7.89. The standard InChI is InChI=1S/C21H32ClN3O3S/c22-20-10-9-18(29(27,28)25-15-6-1-2-7-16-25)17-19(20)21(26)23-11-8-14-24-12-4-3-5-13-24/h9-10,17H,1-8,11-16H2,(H,23,26). The van der Waals surface area contributed by atoms with Crippen molar-refractivity contribution < 1.29 is 13.2 Å². The molecule has 0 aromatic heterocycles. The number of rotatable bonds is 7. The van der Waals surface area contributed by atoms with Gasteiger partial charge in [-0.1, -0.05) is 30.9 Å². The first-order chi connectivity index (χ1) is 14.0. The van der Waals surface area contributed by atoms with Crippen molar-refractivity contribution in [3.05, 3.63) is 28.8 Å². The molecule has 1 aromatic carbocycles. The molecule has 0 aliphatic carbocycles. The summed E-state index contributed by atoms with van der Waals surface area (Å²) in [6, 6.07) is 4.42. The molecule has 2 heterocycles. The van der Waals surface area contributed by atoms with Crippen LogP contribution in [0.3, 0.4) is 0 Å². The van der Waals surface area contributed by atoms with E-state index in [9.17, 15) is 13.2 Å². The van der Waals surface area contributed by atoms with E-state index in [2.05, 4.69) is 10.2 Å². The van der Waals surface area contributed by atoms with E-state index in [-0.39, 0.29) is 21.4 Å². The molecule has 0 radical (unpaired) electrons. The summed E-state index contributed by atoms with van der Waals surface area (Å²) >= 11 is 6.21. The first kappa shape index (κ1) is 22.5. The summed E-state index contributed by atoms with van der Waals surface area (Å²) in [7, 11) is -3.61. The third-order valence-electron chi connectivity index (χ3n) is 5.77. The van der Waals surface area contributed by atoms with Crippen molar-refractivity contribution in [3.8, 4) is 0 Å². The lowest BCUT2D eigenvalue weighted by atomic mass is 10.1. The minimum absolute atomic E-state index is 0.141. The van der Waals surface area contributed by atoms with Gasteiger partial charge in [-0.3, -0.25) is 4.79 Å². The van der Waals surface area contributed by atoms with E-state index in [1.54, 1.807) is 0 Å². The van der Waals surface area contributed by atoms with Gasteiger partial charge in [0, 0.05) is 19.6 Å². The summed E-state index contributed by atoms with van der Waals surface area (Å²) in [5, 5.41) is 3.16. The molecule has 1 amide bonds. The van der Waals surface area contributed by atoms with Crippen LogP contribution in [0, 0.1) is 0 Å². The fourth-order valence-electron chi connectivity index (χ4n) is 4.05. The van der Waals surface area contributed by atoms with Gasteiger partial charge in [-0.2, -0.15) is 4.31 Å². The molecule has 0 bridgehead atoms. The smallest absolute Gasteiger partial charge is 0.252 e. The second kappa shape index (κ2) is 10.8. The number of nitrogens with zero attached hydrogens (tertiary/aromatic N) is 2. The molecule has 2 saturated heterocycles. The zero-order valence-corrected chi connectivity index (χ0v) is 18.6. The van der Waals surface area contributed by atoms with Gasteiger partial charge in [0.1, 0.15) is 0 Å². The third kappa shape index (κ3) is 6.17. The molecule has 0 unspecified atom stereocenters. The molecule has 1 aromatic rings. The fraction of sp³-hybridized carbons (Fsp3) is 0.667. The number of sulfonamides is 1. The van der Waals surface area contributed by atoms with Crippen LogP contribution in [-0.4, -0.2) is 62.8 Å². The zero-order chi connectivity index (χ0) is 20.7. The lowest BCUT2D eigenvalue weighted by Crippen LogP contribution is -2.33. The van der Waals surface area contributed by atoms with Gasteiger partial charge in [0.25, 0.3) is 5.91 Å². The Labute approximate surface area is 179 Å². The first-order valence-electron chi connectivity index (χ1n) is 10.8. The predicted octanol–water partition coefficient (Wildman–Crippen LogP) is 3.51. The Morgan fingerprint density at radius 1 is 0.966 bits per heavy atom. The zero-order valence-electron chi connectivity index (χ0n) is 17.0. The van der Waals surface area contributed by atoms with Crippen LogP contribution in [0.25, 0.3) is 0 Å². The number of hydrogen-bond donors (Lipinski definition) is 1. The van der Waals surface area contributed by atoms with Gasteiger partial charge in [0.15, 0.2) is 0 Å². The summed E-state index contributed by atoms with van der Waals surface area (Å²) in [5.41, 5.74) is 0.223. The highest BCUT2D eigenvalue weighted by Crippen LogP contribution is 2.25. The maximum Gasteiger partial charge on any atom is 0.252 e. The molecule has 29 heavy (non-hydrogen) atoms. The van der Waals surface area contributed by atoms with Crippen LogP contribution in [0.2, 0.25) is 5.02 Å². The molecule has 1 N–H and O–H groups in total.